The molecule has 2 aromatic rings. The second kappa shape index (κ2) is 9.30. The number of hydrogen-bond donors (Lipinski definition) is 4. The smallest absolute Gasteiger partial charge is 0.263 e. The molecule has 1 heterocycles. The van der Waals surface area contributed by atoms with Gasteiger partial charge in [0, 0.05) is 41.6 Å². The van der Waals surface area contributed by atoms with E-state index in [1.54, 1.807) is 14.0 Å². The normalized spacial score (nSPS) is 17.1. The number of allylic oxidation sites excluding steroid dienone is 1. The number of hydrogen-bond acceptors (Lipinski definition) is 8. The molecule has 5 N–H and O–H groups in total. The Balaban J connectivity index is 2.19. The Kier molecular flexibility index (Phi) is 7.08. The molecule has 1 aromatic carbocycles. The summed E-state index contributed by atoms with van der Waals surface area (Å²) in [7, 11) is -2.24. The van der Waals surface area contributed by atoms with Gasteiger partial charge in [0.25, 0.3) is 5.56 Å². The summed E-state index contributed by atoms with van der Waals surface area (Å²) in [6.45, 7) is 3.66. The summed E-state index contributed by atoms with van der Waals surface area (Å²) in [6, 6.07) is 2.76. The van der Waals surface area contributed by atoms with E-state index in [9.17, 15) is 18.3 Å². The third-order valence-electron chi connectivity index (χ3n) is 5.08. The van der Waals surface area contributed by atoms with Crippen molar-refractivity contribution in [1.82, 2.24) is 14.3 Å². The fourth-order valence-electron chi connectivity index (χ4n) is 3.09. The predicted octanol–water partition coefficient (Wildman–Crippen LogP) is 1.33. The largest absolute Gasteiger partial charge is 0.404 e. The molecular weight excluding hydrogens is 500 g/mol. The zero-order valence-corrected chi connectivity index (χ0v) is 20.5. The van der Waals surface area contributed by atoms with Gasteiger partial charge in [0.05, 0.1) is 28.4 Å². The molecule has 1 aromatic heterocycles. The average Bonchev–Trinajstić information content (AvgIpc) is 3.43. The Morgan fingerprint density at radius 3 is 2.72 bits per heavy atom. The molecule has 1 atom stereocenters. The van der Waals surface area contributed by atoms with Crippen LogP contribution in [0.4, 0.5) is 5.95 Å². The summed E-state index contributed by atoms with van der Waals surface area (Å²) < 4.78 is 30.2. The van der Waals surface area contributed by atoms with Gasteiger partial charge in [-0.15, -0.1) is 0 Å². The van der Waals surface area contributed by atoms with E-state index in [2.05, 4.69) is 35.9 Å². The lowest BCUT2D eigenvalue weighted by molar-refractivity contribution is 0.208. The Hall–Kier alpha value is -2.28. The number of aliphatic imine (C=N–C) groups is 1. The van der Waals surface area contributed by atoms with Crippen molar-refractivity contribution in [2.24, 2.45) is 10.7 Å². The van der Waals surface area contributed by atoms with Crippen LogP contribution in [0.3, 0.4) is 0 Å². The van der Waals surface area contributed by atoms with E-state index in [1.807, 2.05) is 6.92 Å². The van der Waals surface area contributed by atoms with Crippen molar-refractivity contribution in [3.05, 3.63) is 38.7 Å². The van der Waals surface area contributed by atoms with Crippen LogP contribution in [0, 0.1) is 0 Å². The highest BCUT2D eigenvalue weighted by Gasteiger charge is 2.41. The van der Waals surface area contributed by atoms with Crippen LogP contribution >= 0.6 is 15.9 Å². The molecule has 0 unspecified atom stereocenters. The zero-order chi connectivity index (χ0) is 23.7. The molecule has 1 saturated carbocycles. The quantitative estimate of drug-likeness (QED) is 0.359. The number of anilines is 1. The second-order valence-electron chi connectivity index (χ2n) is 8.15. The lowest BCUT2D eigenvalue weighted by atomic mass is 10.2. The molecule has 10 nitrogen and oxygen atoms in total. The maximum absolute atomic E-state index is 13.5. The van der Waals surface area contributed by atoms with Crippen molar-refractivity contribution in [2.75, 3.05) is 18.9 Å². The molecule has 1 aliphatic carbocycles. The number of nitrogens with zero attached hydrogens (tertiary/aromatic N) is 3. The van der Waals surface area contributed by atoms with Crippen LogP contribution in [-0.2, 0) is 16.6 Å². The third kappa shape index (κ3) is 5.37. The van der Waals surface area contributed by atoms with E-state index >= 15 is 0 Å². The summed E-state index contributed by atoms with van der Waals surface area (Å²) in [5.74, 6) is 0.215. The van der Waals surface area contributed by atoms with Gasteiger partial charge in [0.2, 0.25) is 16.0 Å². The molecular formula is C20H27BrN6O4S. The van der Waals surface area contributed by atoms with Gasteiger partial charge >= 0.3 is 0 Å². The van der Waals surface area contributed by atoms with Gasteiger partial charge in [-0.25, -0.2) is 18.1 Å². The first-order valence-corrected chi connectivity index (χ1v) is 12.3. The number of benzene rings is 1. The van der Waals surface area contributed by atoms with E-state index in [0.717, 1.165) is 12.8 Å². The van der Waals surface area contributed by atoms with Crippen molar-refractivity contribution in [2.45, 2.75) is 49.8 Å². The fraction of sp³-hybridized carbons (Fsp3) is 0.450. The number of aromatic nitrogens is 2. The fourth-order valence-corrected chi connectivity index (χ4v) is 5.31. The molecule has 0 radical (unpaired) electrons. The highest BCUT2D eigenvalue weighted by atomic mass is 79.9. The predicted molar refractivity (Wildman–Crippen MR) is 129 cm³/mol. The summed E-state index contributed by atoms with van der Waals surface area (Å²) >= 11 is 3.37. The van der Waals surface area contributed by atoms with Crippen molar-refractivity contribution < 1.29 is 13.5 Å². The first-order chi connectivity index (χ1) is 15.0. The van der Waals surface area contributed by atoms with Crippen LogP contribution < -0.4 is 21.3 Å². The molecule has 0 saturated heterocycles. The van der Waals surface area contributed by atoms with Crippen molar-refractivity contribution in [1.29, 1.82) is 0 Å². The van der Waals surface area contributed by atoms with Crippen LogP contribution in [0.25, 0.3) is 10.9 Å². The molecule has 32 heavy (non-hydrogen) atoms. The number of rotatable bonds is 9. The minimum atomic E-state index is -3.82. The second-order valence-corrected chi connectivity index (χ2v) is 10.7. The third-order valence-corrected chi connectivity index (χ3v) is 7.30. The molecule has 0 aliphatic heterocycles. The number of nitrogens with one attached hydrogen (secondary N) is 2. The molecule has 174 valence electrons. The molecule has 0 spiro atoms. The van der Waals surface area contributed by atoms with Gasteiger partial charge < -0.3 is 16.2 Å². The highest BCUT2D eigenvalue weighted by molar-refractivity contribution is 9.10. The number of fused-ring (bicyclic) bond motifs is 1. The van der Waals surface area contributed by atoms with Crippen LogP contribution in [0.15, 0.2) is 43.1 Å². The van der Waals surface area contributed by atoms with E-state index < -0.39 is 27.2 Å². The lowest BCUT2D eigenvalue weighted by Crippen LogP contribution is -2.34. The summed E-state index contributed by atoms with van der Waals surface area (Å²) in [6.07, 6.45) is 3.70. The molecule has 12 heteroatoms. The van der Waals surface area contributed by atoms with Crippen molar-refractivity contribution in [3.8, 4) is 0 Å². The first-order valence-electron chi connectivity index (χ1n) is 10.0. The zero-order valence-electron chi connectivity index (χ0n) is 18.1. The average molecular weight is 527 g/mol. The van der Waals surface area contributed by atoms with E-state index in [4.69, 9.17) is 5.73 Å². The molecule has 3 rings (SSSR count). The Morgan fingerprint density at radius 2 is 2.16 bits per heavy atom. The Bertz CT molecular complexity index is 1250. The van der Waals surface area contributed by atoms with Crippen LogP contribution in [0.1, 0.15) is 26.7 Å². The van der Waals surface area contributed by atoms with E-state index in [1.165, 1.54) is 29.1 Å². The minimum Gasteiger partial charge on any atom is -0.404 e. The molecule has 0 amide bonds. The Morgan fingerprint density at radius 1 is 1.47 bits per heavy atom. The van der Waals surface area contributed by atoms with Crippen molar-refractivity contribution in [3.63, 3.8) is 0 Å². The van der Waals surface area contributed by atoms with Gasteiger partial charge in [-0.1, -0.05) is 0 Å². The van der Waals surface area contributed by atoms with Gasteiger partial charge in [-0.2, -0.15) is 0 Å². The van der Waals surface area contributed by atoms with Crippen LogP contribution in [-0.4, -0.2) is 54.5 Å². The number of aliphatic hydroxyl groups excluding tert-OH is 1. The number of nitrogens with two attached hydrogens (primary N) is 1. The number of aliphatic hydroxyl groups is 1. The van der Waals surface area contributed by atoms with E-state index in [0.29, 0.717) is 15.6 Å². The molecule has 1 aliphatic rings. The number of sulfonamides is 1. The van der Waals surface area contributed by atoms with Gasteiger partial charge in [-0.3, -0.25) is 14.4 Å². The Labute approximate surface area is 194 Å². The maximum atomic E-state index is 13.5. The summed E-state index contributed by atoms with van der Waals surface area (Å²) in [5, 5.41) is 12.8. The SMILES string of the molecule is CN=C/C(=C\N)Cn1c(NC[C@H](C)O)nc2c(Br)cc(S(=O)(=O)NC3(C)CC3)cc2c1=O. The summed E-state index contributed by atoms with van der Waals surface area (Å²) in [4.78, 5) is 21.9. The first kappa shape index (κ1) is 24.4. The number of halogens is 1. The highest BCUT2D eigenvalue weighted by Crippen LogP contribution is 2.36. The van der Waals surface area contributed by atoms with E-state index in [-0.39, 0.29) is 29.3 Å². The molecule has 0 bridgehead atoms. The maximum Gasteiger partial charge on any atom is 0.263 e. The lowest BCUT2D eigenvalue weighted by Gasteiger charge is -2.17. The standard InChI is InChI=1S/C20H27BrN6O4S/c1-12(28)9-24-19-25-17-15(18(29)27(19)11-13(8-22)10-23-3)6-14(7-16(17)21)32(30,31)26-20(2)4-5-20/h6-8,10,12,26,28H,4-5,9,11,22H2,1-3H3,(H,24,25)/b13-8+,23-10?/t12-/m0/s1. The molecule has 1 fully saturated rings. The van der Waals surface area contributed by atoms with Crippen molar-refractivity contribution >= 4 is 49.0 Å². The minimum absolute atomic E-state index is 0.0233. The monoisotopic (exact) mass is 526 g/mol. The van der Waals surface area contributed by atoms with Gasteiger partial charge in [-0.05, 0) is 54.8 Å². The van der Waals surface area contributed by atoms with Crippen LogP contribution in [0.2, 0.25) is 0 Å². The van der Waals surface area contributed by atoms with Gasteiger partial charge in [0.15, 0.2) is 0 Å². The van der Waals surface area contributed by atoms with Crippen LogP contribution in [0.5, 0.6) is 0 Å². The summed E-state index contributed by atoms with van der Waals surface area (Å²) in [5.41, 5.74) is 5.62. The topological polar surface area (TPSA) is 152 Å². The van der Waals surface area contributed by atoms with Gasteiger partial charge in [0.1, 0.15) is 0 Å².